The van der Waals surface area contributed by atoms with Crippen molar-refractivity contribution in [2.75, 3.05) is 0 Å². The number of fused-ring (bicyclic) bond motifs is 4. The molecule has 1 amide bonds. The van der Waals surface area contributed by atoms with Crippen LogP contribution in [0.25, 0.3) is 0 Å². The van der Waals surface area contributed by atoms with Gasteiger partial charge in [-0.05, 0) is 85.5 Å². The first-order valence-electron chi connectivity index (χ1n) is 12.3. The summed E-state index contributed by atoms with van der Waals surface area (Å²) in [6.07, 6.45) is 15.4. The Bertz CT molecular complexity index is 782. The molecule has 7 fully saturated rings. The molecule has 2 heteroatoms. The first-order valence-corrected chi connectivity index (χ1v) is 12.3. The Labute approximate surface area is 176 Å². The van der Waals surface area contributed by atoms with Gasteiger partial charge in [0.2, 0.25) is 5.91 Å². The summed E-state index contributed by atoms with van der Waals surface area (Å²) in [7, 11) is 0. The molecule has 2 nitrogen and oxygen atoms in total. The lowest BCUT2D eigenvalue weighted by Gasteiger charge is -2.65. The zero-order valence-electron chi connectivity index (χ0n) is 18.1. The number of benzene rings is 1. The van der Waals surface area contributed by atoms with Crippen LogP contribution in [0.1, 0.15) is 89.5 Å². The SMILES string of the molecule is CC12CC3CC(C(=O)NC4CC5CCC(CC5)C4)(C1)CC(c1ccccc1)(C3)C2. The van der Waals surface area contributed by atoms with Crippen LogP contribution in [0.3, 0.4) is 0 Å². The van der Waals surface area contributed by atoms with Crippen LogP contribution in [-0.2, 0) is 10.2 Å². The monoisotopic (exact) mass is 391 g/mol. The minimum Gasteiger partial charge on any atom is -0.353 e. The molecule has 0 saturated heterocycles. The van der Waals surface area contributed by atoms with E-state index in [1.807, 2.05) is 0 Å². The standard InChI is InChI=1S/C27H37NO/c1-25-13-21-14-26(16-25,22-5-3-2-4-6-22)18-27(15-21,17-25)24(29)28-23-11-19-7-8-20(12-23)10-9-19/h2-6,19-21,23H,7-18H2,1H3,(H,28,29). The molecule has 6 bridgehead atoms. The number of hydrogen-bond donors (Lipinski definition) is 1. The lowest BCUT2D eigenvalue weighted by Crippen LogP contribution is -2.62. The van der Waals surface area contributed by atoms with Crippen molar-refractivity contribution in [2.24, 2.45) is 28.6 Å². The molecular formula is C27H37NO. The highest BCUT2D eigenvalue weighted by Gasteiger charge is 2.64. The molecule has 0 heterocycles. The topological polar surface area (TPSA) is 29.1 Å². The van der Waals surface area contributed by atoms with Crippen LogP contribution in [0.4, 0.5) is 0 Å². The van der Waals surface area contributed by atoms with Crippen LogP contribution in [0.5, 0.6) is 0 Å². The van der Waals surface area contributed by atoms with E-state index in [-0.39, 0.29) is 10.8 Å². The first-order chi connectivity index (χ1) is 14.0. The van der Waals surface area contributed by atoms with Crippen molar-refractivity contribution in [2.45, 2.75) is 95.4 Å². The van der Waals surface area contributed by atoms with Gasteiger partial charge < -0.3 is 5.32 Å². The highest BCUT2D eigenvalue weighted by Crippen LogP contribution is 2.70. The van der Waals surface area contributed by atoms with Crippen LogP contribution in [0.2, 0.25) is 0 Å². The molecule has 29 heavy (non-hydrogen) atoms. The number of nitrogens with one attached hydrogen (secondary N) is 1. The molecule has 7 aliphatic carbocycles. The van der Waals surface area contributed by atoms with E-state index in [2.05, 4.69) is 42.6 Å². The Kier molecular flexibility index (Phi) is 4.04. The number of amides is 1. The molecule has 8 rings (SSSR count). The molecule has 4 unspecified atom stereocenters. The minimum atomic E-state index is -0.116. The maximum Gasteiger partial charge on any atom is 0.226 e. The third kappa shape index (κ3) is 3.00. The fraction of sp³-hybridized carbons (Fsp3) is 0.741. The second-order valence-electron chi connectivity index (χ2n) is 12.3. The van der Waals surface area contributed by atoms with Crippen molar-refractivity contribution < 1.29 is 4.79 Å². The third-order valence-electron chi connectivity index (χ3n) is 9.75. The predicted octanol–water partition coefficient (Wildman–Crippen LogP) is 6.00. The first kappa shape index (κ1) is 18.5. The van der Waals surface area contributed by atoms with Crippen LogP contribution < -0.4 is 5.32 Å². The molecular weight excluding hydrogens is 354 g/mol. The number of rotatable bonds is 3. The van der Waals surface area contributed by atoms with E-state index < -0.39 is 0 Å². The largest absolute Gasteiger partial charge is 0.353 e. The maximum atomic E-state index is 13.9. The number of carbonyl (C=O) groups excluding carboxylic acids is 1. The summed E-state index contributed by atoms with van der Waals surface area (Å²) < 4.78 is 0. The lowest BCUT2D eigenvalue weighted by molar-refractivity contribution is -0.161. The summed E-state index contributed by atoms with van der Waals surface area (Å²) >= 11 is 0. The van der Waals surface area contributed by atoms with Crippen LogP contribution in [0, 0.1) is 28.6 Å². The van der Waals surface area contributed by atoms with E-state index in [9.17, 15) is 4.79 Å². The van der Waals surface area contributed by atoms with Gasteiger partial charge in [-0.25, -0.2) is 0 Å². The average molecular weight is 392 g/mol. The molecule has 1 aromatic rings. The van der Waals surface area contributed by atoms with E-state index >= 15 is 0 Å². The zero-order chi connectivity index (χ0) is 19.7. The molecule has 0 spiro atoms. The molecule has 0 radical (unpaired) electrons. The van der Waals surface area contributed by atoms with Crippen molar-refractivity contribution in [3.05, 3.63) is 35.9 Å². The Hall–Kier alpha value is -1.31. The van der Waals surface area contributed by atoms with Gasteiger partial charge in [0.1, 0.15) is 0 Å². The molecule has 156 valence electrons. The summed E-state index contributed by atoms with van der Waals surface area (Å²) in [4.78, 5) is 13.9. The smallest absolute Gasteiger partial charge is 0.226 e. The quantitative estimate of drug-likeness (QED) is 0.673. The van der Waals surface area contributed by atoms with Crippen molar-refractivity contribution in [1.82, 2.24) is 5.32 Å². The van der Waals surface area contributed by atoms with Gasteiger partial charge in [-0.2, -0.15) is 0 Å². The molecule has 1 aromatic carbocycles. The van der Waals surface area contributed by atoms with Gasteiger partial charge in [0.05, 0.1) is 5.41 Å². The summed E-state index contributed by atoms with van der Waals surface area (Å²) in [5.74, 6) is 2.89. The Balaban J connectivity index is 1.29. The van der Waals surface area contributed by atoms with Gasteiger partial charge in [0.25, 0.3) is 0 Å². The third-order valence-corrected chi connectivity index (χ3v) is 9.75. The highest BCUT2D eigenvalue weighted by molar-refractivity contribution is 5.84. The van der Waals surface area contributed by atoms with E-state index in [0.717, 1.165) is 37.0 Å². The van der Waals surface area contributed by atoms with Crippen molar-refractivity contribution in [3.63, 3.8) is 0 Å². The second kappa shape index (κ2) is 6.34. The van der Waals surface area contributed by atoms with Gasteiger partial charge in [0, 0.05) is 6.04 Å². The van der Waals surface area contributed by atoms with Crippen LogP contribution in [-0.4, -0.2) is 11.9 Å². The molecule has 7 saturated carbocycles. The van der Waals surface area contributed by atoms with Gasteiger partial charge in [-0.1, -0.05) is 62.9 Å². The molecule has 1 N–H and O–H groups in total. The van der Waals surface area contributed by atoms with Crippen LogP contribution in [0.15, 0.2) is 30.3 Å². The number of carbonyl (C=O) groups is 1. The van der Waals surface area contributed by atoms with Crippen molar-refractivity contribution in [1.29, 1.82) is 0 Å². The fourth-order valence-corrected chi connectivity index (χ4v) is 9.35. The summed E-state index contributed by atoms with van der Waals surface area (Å²) in [5, 5.41) is 3.66. The average Bonchev–Trinajstić information content (AvgIpc) is 2.99. The van der Waals surface area contributed by atoms with Crippen molar-refractivity contribution in [3.8, 4) is 0 Å². The second-order valence-corrected chi connectivity index (χ2v) is 12.3. The van der Waals surface area contributed by atoms with E-state index in [4.69, 9.17) is 0 Å². The highest BCUT2D eigenvalue weighted by atomic mass is 16.2. The predicted molar refractivity (Wildman–Crippen MR) is 116 cm³/mol. The Morgan fingerprint density at radius 2 is 1.55 bits per heavy atom. The number of hydrogen-bond acceptors (Lipinski definition) is 1. The van der Waals surface area contributed by atoms with E-state index in [0.29, 0.717) is 17.4 Å². The lowest BCUT2D eigenvalue weighted by atomic mass is 9.38. The van der Waals surface area contributed by atoms with Crippen LogP contribution >= 0.6 is 0 Å². The van der Waals surface area contributed by atoms with E-state index in [1.54, 1.807) is 0 Å². The Morgan fingerprint density at radius 1 is 0.862 bits per heavy atom. The maximum absolute atomic E-state index is 13.9. The fourth-order valence-electron chi connectivity index (χ4n) is 9.35. The molecule has 0 aliphatic heterocycles. The normalized spacial score (nSPS) is 47.8. The van der Waals surface area contributed by atoms with Crippen molar-refractivity contribution >= 4 is 5.91 Å². The molecule has 0 aromatic heterocycles. The van der Waals surface area contributed by atoms with Gasteiger partial charge >= 0.3 is 0 Å². The summed E-state index contributed by atoms with van der Waals surface area (Å²) in [6, 6.07) is 11.6. The minimum absolute atomic E-state index is 0.116. The van der Waals surface area contributed by atoms with Gasteiger partial charge in [-0.15, -0.1) is 0 Å². The van der Waals surface area contributed by atoms with Gasteiger partial charge in [0.15, 0.2) is 0 Å². The summed E-state index contributed by atoms with van der Waals surface area (Å²) in [5.41, 5.74) is 1.96. The van der Waals surface area contributed by atoms with Gasteiger partial charge in [-0.3, -0.25) is 4.79 Å². The molecule has 7 aliphatic rings. The van der Waals surface area contributed by atoms with E-state index in [1.165, 1.54) is 63.4 Å². The Morgan fingerprint density at radius 3 is 2.21 bits per heavy atom. The summed E-state index contributed by atoms with van der Waals surface area (Å²) in [6.45, 7) is 2.49. The molecule has 4 atom stereocenters. The zero-order valence-corrected chi connectivity index (χ0v) is 18.1.